The Bertz CT molecular complexity index is 423. The van der Waals surface area contributed by atoms with Crippen LogP contribution in [0.25, 0.3) is 10.6 Å². The zero-order chi connectivity index (χ0) is 11.2. The summed E-state index contributed by atoms with van der Waals surface area (Å²) in [6.45, 7) is 0.773. The minimum atomic E-state index is 0.773. The fraction of sp³-hybridized carbons (Fsp3) is 0.308. The topological polar surface area (TPSA) is 38.9 Å². The van der Waals surface area contributed by atoms with E-state index in [9.17, 15) is 0 Å². The van der Waals surface area contributed by atoms with E-state index in [4.69, 9.17) is 5.73 Å². The van der Waals surface area contributed by atoms with Crippen LogP contribution >= 0.6 is 11.3 Å². The molecular formula is C13H16N2S. The summed E-state index contributed by atoms with van der Waals surface area (Å²) in [5, 5.41) is 3.27. The zero-order valence-corrected chi connectivity index (χ0v) is 10.0. The highest BCUT2D eigenvalue weighted by molar-refractivity contribution is 7.13. The van der Waals surface area contributed by atoms with Crippen molar-refractivity contribution < 1.29 is 0 Å². The number of thiazole rings is 1. The molecule has 84 valence electrons. The lowest BCUT2D eigenvalue weighted by Gasteiger charge is -1.95. The summed E-state index contributed by atoms with van der Waals surface area (Å²) in [7, 11) is 0. The van der Waals surface area contributed by atoms with Crippen LogP contribution in [0.1, 0.15) is 18.5 Å². The van der Waals surface area contributed by atoms with E-state index in [1.54, 1.807) is 11.3 Å². The molecule has 0 atom stereocenters. The van der Waals surface area contributed by atoms with Crippen molar-refractivity contribution in [2.24, 2.45) is 5.73 Å². The molecule has 1 aromatic carbocycles. The maximum Gasteiger partial charge on any atom is 0.123 e. The van der Waals surface area contributed by atoms with E-state index in [1.165, 1.54) is 11.3 Å². The maximum absolute atomic E-state index is 5.47. The number of nitrogens with zero attached hydrogens (tertiary/aromatic N) is 1. The van der Waals surface area contributed by atoms with E-state index in [1.807, 2.05) is 18.2 Å². The Morgan fingerprint density at radius 1 is 1.12 bits per heavy atom. The number of benzene rings is 1. The Balaban J connectivity index is 2.02. The Morgan fingerprint density at radius 2 is 1.94 bits per heavy atom. The van der Waals surface area contributed by atoms with Crippen molar-refractivity contribution >= 4 is 11.3 Å². The molecule has 2 nitrogen and oxygen atoms in total. The van der Waals surface area contributed by atoms with Crippen molar-refractivity contribution in [3.05, 3.63) is 41.4 Å². The molecule has 0 fully saturated rings. The molecule has 2 rings (SSSR count). The summed E-state index contributed by atoms with van der Waals surface area (Å²) in [4.78, 5) is 4.63. The molecule has 3 heteroatoms. The summed E-state index contributed by atoms with van der Waals surface area (Å²) in [6.07, 6.45) is 3.26. The fourth-order valence-corrected chi connectivity index (χ4v) is 2.45. The van der Waals surface area contributed by atoms with E-state index in [2.05, 4.69) is 22.5 Å². The summed E-state index contributed by atoms with van der Waals surface area (Å²) in [5.41, 5.74) is 7.87. The van der Waals surface area contributed by atoms with Gasteiger partial charge in [-0.25, -0.2) is 4.98 Å². The van der Waals surface area contributed by atoms with Gasteiger partial charge in [0.25, 0.3) is 0 Å². The predicted octanol–water partition coefficient (Wildman–Crippen LogP) is 3.09. The van der Waals surface area contributed by atoms with Crippen molar-refractivity contribution in [2.45, 2.75) is 19.3 Å². The Labute approximate surface area is 100 Å². The average molecular weight is 232 g/mol. The second kappa shape index (κ2) is 5.77. The lowest BCUT2D eigenvalue weighted by atomic mass is 10.2. The van der Waals surface area contributed by atoms with E-state index in [0.29, 0.717) is 0 Å². The fourth-order valence-electron chi connectivity index (χ4n) is 1.59. The smallest absolute Gasteiger partial charge is 0.123 e. The summed E-state index contributed by atoms with van der Waals surface area (Å²) >= 11 is 1.72. The predicted molar refractivity (Wildman–Crippen MR) is 69.5 cm³/mol. The quantitative estimate of drug-likeness (QED) is 0.805. The Kier molecular flexibility index (Phi) is 4.08. The molecule has 1 aromatic heterocycles. The maximum atomic E-state index is 5.47. The number of hydrogen-bond donors (Lipinski definition) is 1. The van der Waals surface area contributed by atoms with Crippen LogP contribution in [0.15, 0.2) is 35.7 Å². The highest BCUT2D eigenvalue weighted by Crippen LogP contribution is 2.23. The van der Waals surface area contributed by atoms with Crippen molar-refractivity contribution in [3.8, 4) is 10.6 Å². The van der Waals surface area contributed by atoms with Crippen LogP contribution < -0.4 is 5.73 Å². The molecule has 1 heterocycles. The van der Waals surface area contributed by atoms with E-state index >= 15 is 0 Å². The number of nitrogens with two attached hydrogens (primary N) is 1. The SMILES string of the molecule is NCCCCc1csc(-c2ccccc2)n1. The van der Waals surface area contributed by atoms with Crippen LogP contribution in [-0.2, 0) is 6.42 Å². The molecule has 0 unspecified atom stereocenters. The number of hydrogen-bond acceptors (Lipinski definition) is 3. The molecule has 0 aliphatic heterocycles. The van der Waals surface area contributed by atoms with E-state index < -0.39 is 0 Å². The van der Waals surface area contributed by atoms with Crippen LogP contribution in [0.2, 0.25) is 0 Å². The lowest BCUT2D eigenvalue weighted by Crippen LogP contribution is -1.99. The van der Waals surface area contributed by atoms with Gasteiger partial charge < -0.3 is 5.73 Å². The summed E-state index contributed by atoms with van der Waals surface area (Å²) in [5.74, 6) is 0. The van der Waals surface area contributed by atoms with Crippen LogP contribution in [0.3, 0.4) is 0 Å². The highest BCUT2D eigenvalue weighted by atomic mass is 32.1. The molecule has 0 saturated heterocycles. The van der Waals surface area contributed by atoms with E-state index in [0.717, 1.165) is 30.8 Å². The number of unbranched alkanes of at least 4 members (excludes halogenated alkanes) is 1. The second-order valence-electron chi connectivity index (χ2n) is 3.76. The largest absolute Gasteiger partial charge is 0.330 e. The first-order chi connectivity index (χ1) is 7.90. The third kappa shape index (κ3) is 2.90. The molecule has 0 spiro atoms. The molecule has 2 aromatic rings. The average Bonchev–Trinajstić information content (AvgIpc) is 2.79. The van der Waals surface area contributed by atoms with Crippen molar-refractivity contribution in [1.82, 2.24) is 4.98 Å². The van der Waals surface area contributed by atoms with Crippen LogP contribution in [-0.4, -0.2) is 11.5 Å². The minimum absolute atomic E-state index is 0.773. The van der Waals surface area contributed by atoms with Gasteiger partial charge in [-0.3, -0.25) is 0 Å². The minimum Gasteiger partial charge on any atom is -0.330 e. The molecule has 0 aliphatic carbocycles. The molecule has 2 N–H and O–H groups in total. The van der Waals surface area contributed by atoms with Gasteiger partial charge in [-0.1, -0.05) is 30.3 Å². The van der Waals surface area contributed by atoms with Gasteiger partial charge in [-0.2, -0.15) is 0 Å². The van der Waals surface area contributed by atoms with Crippen LogP contribution in [0.5, 0.6) is 0 Å². The highest BCUT2D eigenvalue weighted by Gasteiger charge is 2.03. The van der Waals surface area contributed by atoms with Gasteiger partial charge in [-0.05, 0) is 25.8 Å². The summed E-state index contributed by atoms with van der Waals surface area (Å²) < 4.78 is 0. The molecule has 0 saturated carbocycles. The third-order valence-corrected chi connectivity index (χ3v) is 3.40. The first kappa shape index (κ1) is 11.3. The van der Waals surface area contributed by atoms with Gasteiger partial charge in [0.15, 0.2) is 0 Å². The van der Waals surface area contributed by atoms with E-state index in [-0.39, 0.29) is 0 Å². The normalized spacial score (nSPS) is 10.6. The standard InChI is InChI=1S/C13H16N2S/c14-9-5-4-8-12-10-16-13(15-12)11-6-2-1-3-7-11/h1-3,6-7,10H,4-5,8-9,14H2. The molecule has 16 heavy (non-hydrogen) atoms. The van der Waals surface area contributed by atoms with Gasteiger partial charge >= 0.3 is 0 Å². The third-order valence-electron chi connectivity index (χ3n) is 2.46. The summed E-state index contributed by atoms with van der Waals surface area (Å²) in [6, 6.07) is 10.3. The van der Waals surface area contributed by atoms with Gasteiger partial charge in [0.2, 0.25) is 0 Å². The Morgan fingerprint density at radius 3 is 2.69 bits per heavy atom. The van der Waals surface area contributed by atoms with Crippen LogP contribution in [0.4, 0.5) is 0 Å². The zero-order valence-electron chi connectivity index (χ0n) is 9.23. The second-order valence-corrected chi connectivity index (χ2v) is 4.61. The number of rotatable bonds is 5. The Hall–Kier alpha value is -1.19. The van der Waals surface area contributed by atoms with Crippen molar-refractivity contribution in [1.29, 1.82) is 0 Å². The van der Waals surface area contributed by atoms with Gasteiger partial charge in [0.1, 0.15) is 5.01 Å². The molecule has 0 radical (unpaired) electrons. The first-order valence-corrected chi connectivity index (χ1v) is 6.48. The number of aromatic nitrogens is 1. The lowest BCUT2D eigenvalue weighted by molar-refractivity contribution is 0.736. The van der Waals surface area contributed by atoms with Crippen LogP contribution in [0, 0.1) is 0 Å². The molecule has 0 bridgehead atoms. The molecular weight excluding hydrogens is 216 g/mol. The van der Waals surface area contributed by atoms with Gasteiger partial charge in [0.05, 0.1) is 5.69 Å². The monoisotopic (exact) mass is 232 g/mol. The number of aryl methyl sites for hydroxylation is 1. The molecule has 0 aliphatic rings. The van der Waals surface area contributed by atoms with Gasteiger partial charge in [-0.15, -0.1) is 11.3 Å². The van der Waals surface area contributed by atoms with Crippen molar-refractivity contribution in [3.63, 3.8) is 0 Å². The molecule has 0 amide bonds. The van der Waals surface area contributed by atoms with Crippen molar-refractivity contribution in [2.75, 3.05) is 6.54 Å². The first-order valence-electron chi connectivity index (χ1n) is 5.60. The van der Waals surface area contributed by atoms with Gasteiger partial charge in [0, 0.05) is 10.9 Å².